The summed E-state index contributed by atoms with van der Waals surface area (Å²) in [4.78, 5) is 25.5. The molecule has 0 N–H and O–H groups in total. The molecule has 7 heteroatoms. The Labute approximate surface area is 152 Å². The van der Waals surface area contributed by atoms with Crippen LogP contribution in [0.4, 0.5) is 11.5 Å². The zero-order valence-corrected chi connectivity index (χ0v) is 15.5. The number of carbonyl (C=O) groups is 1. The molecule has 26 heavy (non-hydrogen) atoms. The molecule has 4 rings (SSSR count). The summed E-state index contributed by atoms with van der Waals surface area (Å²) in [6, 6.07) is 6.25. The molecule has 0 aliphatic carbocycles. The zero-order valence-electron chi connectivity index (χ0n) is 15.5. The summed E-state index contributed by atoms with van der Waals surface area (Å²) in [5, 5.41) is 5.36. The third-order valence-electron chi connectivity index (χ3n) is 4.81. The molecule has 3 heterocycles. The molecule has 3 aromatic rings. The van der Waals surface area contributed by atoms with Crippen LogP contribution < -0.4 is 9.80 Å². The smallest absolute Gasteiger partial charge is 0.246 e. The molecule has 0 radical (unpaired) electrons. The highest BCUT2D eigenvalue weighted by Crippen LogP contribution is 2.28. The minimum Gasteiger partial charge on any atom is -0.345 e. The van der Waals surface area contributed by atoms with Crippen molar-refractivity contribution in [1.82, 2.24) is 19.7 Å². The van der Waals surface area contributed by atoms with Crippen LogP contribution in [-0.4, -0.2) is 45.3 Å². The number of piperazine rings is 1. The zero-order chi connectivity index (χ0) is 18.4. The molecule has 0 bridgehead atoms. The minimum absolute atomic E-state index is 0.0783. The number of anilines is 2. The predicted octanol–water partition coefficient (Wildman–Crippen LogP) is 2.14. The van der Waals surface area contributed by atoms with Crippen LogP contribution in [0.15, 0.2) is 24.5 Å². The van der Waals surface area contributed by atoms with Gasteiger partial charge in [-0.3, -0.25) is 9.48 Å². The van der Waals surface area contributed by atoms with Gasteiger partial charge in [-0.25, -0.2) is 9.97 Å². The second-order valence-corrected chi connectivity index (χ2v) is 6.92. The maximum absolute atomic E-state index is 12.8. The van der Waals surface area contributed by atoms with Gasteiger partial charge in [-0.1, -0.05) is 6.07 Å². The monoisotopic (exact) mass is 350 g/mol. The van der Waals surface area contributed by atoms with Gasteiger partial charge >= 0.3 is 0 Å². The van der Waals surface area contributed by atoms with Crippen LogP contribution >= 0.6 is 0 Å². The second-order valence-electron chi connectivity index (χ2n) is 6.92. The van der Waals surface area contributed by atoms with Crippen LogP contribution in [0.5, 0.6) is 0 Å². The third-order valence-corrected chi connectivity index (χ3v) is 4.81. The number of nitrogens with zero attached hydrogens (tertiary/aromatic N) is 6. The highest BCUT2D eigenvalue weighted by molar-refractivity contribution is 5.99. The number of aryl methyl sites for hydroxylation is 4. The SMILES string of the molecule is Cc1cc(C)cc(N2CCN(c3ncnc4c3c(C)nn4C)CC2=O)c1. The van der Waals surface area contributed by atoms with Crippen molar-refractivity contribution in [3.8, 4) is 0 Å². The molecule has 0 spiro atoms. The van der Waals surface area contributed by atoms with Crippen molar-refractivity contribution in [3.63, 3.8) is 0 Å². The van der Waals surface area contributed by atoms with E-state index in [1.165, 1.54) is 11.1 Å². The van der Waals surface area contributed by atoms with Gasteiger partial charge in [0.15, 0.2) is 5.65 Å². The van der Waals surface area contributed by atoms with Gasteiger partial charge < -0.3 is 9.80 Å². The molecule has 7 nitrogen and oxygen atoms in total. The van der Waals surface area contributed by atoms with Crippen molar-refractivity contribution in [2.45, 2.75) is 20.8 Å². The van der Waals surface area contributed by atoms with Gasteiger partial charge in [-0.05, 0) is 44.0 Å². The normalized spacial score (nSPS) is 15.2. The van der Waals surface area contributed by atoms with Crippen molar-refractivity contribution in [3.05, 3.63) is 41.3 Å². The molecule has 134 valence electrons. The lowest BCUT2D eigenvalue weighted by Gasteiger charge is -2.35. The summed E-state index contributed by atoms with van der Waals surface area (Å²) in [6.45, 7) is 7.71. The van der Waals surface area contributed by atoms with E-state index in [1.807, 2.05) is 23.8 Å². The van der Waals surface area contributed by atoms with E-state index < -0.39 is 0 Å². The molecule has 1 aliphatic rings. The highest BCUT2D eigenvalue weighted by Gasteiger charge is 2.28. The second kappa shape index (κ2) is 6.09. The van der Waals surface area contributed by atoms with Crippen molar-refractivity contribution in [2.75, 3.05) is 29.4 Å². The van der Waals surface area contributed by atoms with E-state index in [1.54, 1.807) is 11.0 Å². The number of rotatable bonds is 2. The van der Waals surface area contributed by atoms with Crippen molar-refractivity contribution >= 4 is 28.4 Å². The van der Waals surface area contributed by atoms with Crippen LogP contribution in [-0.2, 0) is 11.8 Å². The number of carbonyl (C=O) groups excluding carboxylic acids is 1. The molecule has 1 amide bonds. The fraction of sp³-hybridized carbons (Fsp3) is 0.368. The van der Waals surface area contributed by atoms with E-state index in [0.717, 1.165) is 34.8 Å². The average Bonchev–Trinajstić information content (AvgIpc) is 2.88. The largest absolute Gasteiger partial charge is 0.345 e. The Bertz CT molecular complexity index is 988. The Morgan fingerprint density at radius 1 is 1.00 bits per heavy atom. The van der Waals surface area contributed by atoms with Crippen molar-refractivity contribution in [1.29, 1.82) is 0 Å². The molecule has 2 aromatic heterocycles. The number of hydrogen-bond donors (Lipinski definition) is 0. The number of hydrogen-bond acceptors (Lipinski definition) is 5. The Hall–Kier alpha value is -2.96. The highest BCUT2D eigenvalue weighted by atomic mass is 16.2. The lowest BCUT2D eigenvalue weighted by Crippen LogP contribution is -2.51. The first kappa shape index (κ1) is 16.5. The van der Waals surface area contributed by atoms with E-state index >= 15 is 0 Å². The third kappa shape index (κ3) is 2.69. The summed E-state index contributed by atoms with van der Waals surface area (Å²) < 4.78 is 1.75. The van der Waals surface area contributed by atoms with Crippen LogP contribution in [0.25, 0.3) is 11.0 Å². The molecular formula is C19H22N6O. The average molecular weight is 350 g/mol. The first-order chi connectivity index (χ1) is 12.4. The van der Waals surface area contributed by atoms with Gasteiger partial charge in [0.05, 0.1) is 17.6 Å². The number of fused-ring (bicyclic) bond motifs is 1. The Morgan fingerprint density at radius 2 is 1.73 bits per heavy atom. The Balaban J connectivity index is 1.65. The summed E-state index contributed by atoms with van der Waals surface area (Å²) in [5.41, 5.74) is 4.97. The van der Waals surface area contributed by atoms with E-state index in [2.05, 4.69) is 47.1 Å². The lowest BCUT2D eigenvalue weighted by atomic mass is 10.1. The Morgan fingerprint density at radius 3 is 2.42 bits per heavy atom. The van der Waals surface area contributed by atoms with Gasteiger partial charge in [0.2, 0.25) is 5.91 Å². The Kier molecular flexibility index (Phi) is 3.86. The van der Waals surface area contributed by atoms with E-state index in [0.29, 0.717) is 13.1 Å². The van der Waals surface area contributed by atoms with Gasteiger partial charge in [-0.2, -0.15) is 5.10 Å². The lowest BCUT2D eigenvalue weighted by molar-refractivity contribution is -0.117. The van der Waals surface area contributed by atoms with Gasteiger partial charge in [0.25, 0.3) is 0 Å². The summed E-state index contributed by atoms with van der Waals surface area (Å²) >= 11 is 0. The van der Waals surface area contributed by atoms with E-state index in [9.17, 15) is 4.79 Å². The molecule has 0 atom stereocenters. The molecule has 1 aromatic carbocycles. The molecular weight excluding hydrogens is 328 g/mol. The molecule has 1 fully saturated rings. The van der Waals surface area contributed by atoms with Crippen LogP contribution in [0, 0.1) is 20.8 Å². The summed E-state index contributed by atoms with van der Waals surface area (Å²) in [7, 11) is 1.87. The minimum atomic E-state index is 0.0783. The van der Waals surface area contributed by atoms with Gasteiger partial charge in [0.1, 0.15) is 12.1 Å². The van der Waals surface area contributed by atoms with E-state index in [4.69, 9.17) is 0 Å². The van der Waals surface area contributed by atoms with Gasteiger partial charge in [0, 0.05) is 25.8 Å². The van der Waals surface area contributed by atoms with E-state index in [-0.39, 0.29) is 5.91 Å². The standard InChI is InChI=1S/C19H22N6O/c1-12-7-13(2)9-15(8-12)25-6-5-24(10-16(25)26)19-17-14(3)22-23(4)18(17)20-11-21-19/h7-9,11H,5-6,10H2,1-4H3. The molecule has 0 unspecified atom stereocenters. The molecule has 0 saturated carbocycles. The van der Waals surface area contributed by atoms with Crippen LogP contribution in [0.3, 0.4) is 0 Å². The number of aromatic nitrogens is 4. The van der Waals surface area contributed by atoms with Crippen molar-refractivity contribution in [2.24, 2.45) is 7.05 Å². The van der Waals surface area contributed by atoms with Crippen LogP contribution in [0.1, 0.15) is 16.8 Å². The molecule has 1 saturated heterocycles. The topological polar surface area (TPSA) is 67.2 Å². The number of benzene rings is 1. The van der Waals surface area contributed by atoms with Gasteiger partial charge in [-0.15, -0.1) is 0 Å². The fourth-order valence-corrected chi connectivity index (χ4v) is 3.73. The first-order valence-corrected chi connectivity index (χ1v) is 8.72. The number of amides is 1. The first-order valence-electron chi connectivity index (χ1n) is 8.72. The summed E-state index contributed by atoms with van der Waals surface area (Å²) in [6.07, 6.45) is 1.54. The quantitative estimate of drug-likeness (QED) is 0.708. The maximum atomic E-state index is 12.8. The fourth-order valence-electron chi connectivity index (χ4n) is 3.73. The maximum Gasteiger partial charge on any atom is 0.246 e. The molecule has 1 aliphatic heterocycles. The predicted molar refractivity (Wildman–Crippen MR) is 102 cm³/mol. The van der Waals surface area contributed by atoms with Crippen LogP contribution in [0.2, 0.25) is 0 Å². The van der Waals surface area contributed by atoms with Crippen molar-refractivity contribution < 1.29 is 4.79 Å². The summed E-state index contributed by atoms with van der Waals surface area (Å²) in [5.74, 6) is 0.864.